The first-order valence-corrected chi connectivity index (χ1v) is 11.1. The van der Waals surface area contributed by atoms with E-state index < -0.39 is 6.03 Å². The van der Waals surface area contributed by atoms with Gasteiger partial charge in [-0.2, -0.15) is 0 Å². The van der Waals surface area contributed by atoms with Crippen LogP contribution in [-0.2, 0) is 16.0 Å². The lowest BCUT2D eigenvalue weighted by Crippen LogP contribution is -2.48. The molecule has 7 nitrogen and oxygen atoms in total. The molecular weight excluding hydrogens is 376 g/mol. The highest BCUT2D eigenvalue weighted by atomic mass is 32.1. The SMILES string of the molecule is O=C(CN1CCC(C(=O)N2CCCCC2)CC1)NC(=O)NCCc1cccs1. The summed E-state index contributed by atoms with van der Waals surface area (Å²) in [6.07, 6.45) is 5.78. The van der Waals surface area contributed by atoms with Crippen LogP contribution in [0.5, 0.6) is 0 Å². The second kappa shape index (κ2) is 10.6. The third-order valence-corrected chi connectivity index (χ3v) is 6.40. The van der Waals surface area contributed by atoms with Gasteiger partial charge >= 0.3 is 6.03 Å². The second-order valence-corrected chi connectivity index (χ2v) is 8.60. The highest BCUT2D eigenvalue weighted by Crippen LogP contribution is 2.21. The second-order valence-electron chi connectivity index (χ2n) is 7.57. The van der Waals surface area contributed by atoms with Crippen molar-refractivity contribution in [1.82, 2.24) is 20.4 Å². The van der Waals surface area contributed by atoms with E-state index in [2.05, 4.69) is 10.6 Å². The van der Waals surface area contributed by atoms with Gasteiger partial charge in [0.15, 0.2) is 0 Å². The fourth-order valence-electron chi connectivity index (χ4n) is 3.88. The molecule has 2 N–H and O–H groups in total. The van der Waals surface area contributed by atoms with E-state index in [1.807, 2.05) is 27.3 Å². The summed E-state index contributed by atoms with van der Waals surface area (Å²) in [5.74, 6) is 0.0707. The van der Waals surface area contributed by atoms with E-state index in [1.165, 1.54) is 11.3 Å². The molecule has 0 bridgehead atoms. The number of rotatable bonds is 6. The molecule has 0 spiro atoms. The van der Waals surface area contributed by atoms with E-state index >= 15 is 0 Å². The first-order valence-electron chi connectivity index (χ1n) is 10.2. The maximum atomic E-state index is 12.6. The van der Waals surface area contributed by atoms with Gasteiger partial charge in [0.05, 0.1) is 6.54 Å². The third kappa shape index (κ3) is 6.31. The Kier molecular flexibility index (Phi) is 7.85. The van der Waals surface area contributed by atoms with Gasteiger partial charge in [-0.3, -0.25) is 19.8 Å². The molecule has 28 heavy (non-hydrogen) atoms. The zero-order chi connectivity index (χ0) is 19.8. The summed E-state index contributed by atoms with van der Waals surface area (Å²) in [6.45, 7) is 3.92. The molecule has 2 aliphatic heterocycles. The lowest BCUT2D eigenvalue weighted by Gasteiger charge is -2.35. The number of amides is 4. The predicted octanol–water partition coefficient (Wildman–Crippen LogP) is 1.84. The predicted molar refractivity (Wildman–Crippen MR) is 109 cm³/mol. The molecule has 3 heterocycles. The van der Waals surface area contributed by atoms with Crippen LogP contribution < -0.4 is 10.6 Å². The zero-order valence-corrected chi connectivity index (χ0v) is 17.1. The van der Waals surface area contributed by atoms with E-state index in [9.17, 15) is 14.4 Å². The van der Waals surface area contributed by atoms with Crippen molar-refractivity contribution in [3.63, 3.8) is 0 Å². The van der Waals surface area contributed by atoms with Crippen LogP contribution in [0.4, 0.5) is 4.79 Å². The standard InChI is InChI=1S/C20H30N4O3S/c25-18(22-20(27)21-9-6-17-5-4-14-28-17)15-23-12-7-16(8-13-23)19(26)24-10-2-1-3-11-24/h4-5,14,16H,1-3,6-13,15H2,(H2,21,22,25,27). The minimum Gasteiger partial charge on any atom is -0.342 e. The monoisotopic (exact) mass is 406 g/mol. The maximum Gasteiger partial charge on any atom is 0.321 e. The molecule has 0 saturated carbocycles. The highest BCUT2D eigenvalue weighted by Gasteiger charge is 2.29. The Balaban J connectivity index is 1.30. The molecule has 0 unspecified atom stereocenters. The molecule has 0 aromatic carbocycles. The first kappa shape index (κ1) is 20.8. The van der Waals surface area contributed by atoms with Crippen molar-refractivity contribution in [3.8, 4) is 0 Å². The normalized spacial score (nSPS) is 18.6. The van der Waals surface area contributed by atoms with Crippen molar-refractivity contribution in [1.29, 1.82) is 0 Å². The zero-order valence-electron chi connectivity index (χ0n) is 16.3. The quantitative estimate of drug-likeness (QED) is 0.755. The van der Waals surface area contributed by atoms with Crippen molar-refractivity contribution in [2.24, 2.45) is 5.92 Å². The number of urea groups is 1. The van der Waals surface area contributed by atoms with Gasteiger partial charge in [0.2, 0.25) is 11.8 Å². The number of carbonyl (C=O) groups is 3. The number of piperidine rings is 2. The molecule has 154 valence electrons. The third-order valence-electron chi connectivity index (χ3n) is 5.46. The van der Waals surface area contributed by atoms with Gasteiger partial charge in [-0.1, -0.05) is 6.07 Å². The van der Waals surface area contributed by atoms with Gasteiger partial charge in [-0.15, -0.1) is 11.3 Å². The van der Waals surface area contributed by atoms with Crippen molar-refractivity contribution >= 4 is 29.2 Å². The largest absolute Gasteiger partial charge is 0.342 e. The van der Waals surface area contributed by atoms with Crippen LogP contribution in [0.1, 0.15) is 37.0 Å². The minimum atomic E-state index is -0.447. The van der Waals surface area contributed by atoms with Gasteiger partial charge in [-0.25, -0.2) is 4.79 Å². The van der Waals surface area contributed by atoms with E-state index in [4.69, 9.17) is 0 Å². The van der Waals surface area contributed by atoms with Crippen molar-refractivity contribution in [2.45, 2.75) is 38.5 Å². The average Bonchev–Trinajstić information content (AvgIpc) is 3.22. The molecule has 2 fully saturated rings. The van der Waals surface area contributed by atoms with Gasteiger partial charge in [0.25, 0.3) is 0 Å². The number of thiophene rings is 1. The summed E-state index contributed by atoms with van der Waals surface area (Å²) in [5, 5.41) is 7.11. The summed E-state index contributed by atoms with van der Waals surface area (Å²) in [6, 6.07) is 3.55. The Morgan fingerprint density at radius 1 is 1.07 bits per heavy atom. The molecule has 0 atom stereocenters. The summed E-state index contributed by atoms with van der Waals surface area (Å²) in [4.78, 5) is 41.7. The summed E-state index contributed by atoms with van der Waals surface area (Å²) in [5.41, 5.74) is 0. The number of nitrogens with zero attached hydrogens (tertiary/aromatic N) is 2. The number of nitrogens with one attached hydrogen (secondary N) is 2. The Hall–Kier alpha value is -1.93. The van der Waals surface area contributed by atoms with Crippen molar-refractivity contribution in [2.75, 3.05) is 39.3 Å². The summed E-state index contributed by atoms with van der Waals surface area (Å²) >= 11 is 1.65. The highest BCUT2D eigenvalue weighted by molar-refractivity contribution is 7.09. The fraction of sp³-hybridized carbons (Fsp3) is 0.650. The summed E-state index contributed by atoms with van der Waals surface area (Å²) in [7, 11) is 0. The van der Waals surface area contributed by atoms with E-state index in [0.717, 1.165) is 58.3 Å². The topological polar surface area (TPSA) is 81.8 Å². The Morgan fingerprint density at radius 2 is 1.82 bits per heavy atom. The lowest BCUT2D eigenvalue weighted by molar-refractivity contribution is -0.138. The molecule has 1 aromatic rings. The van der Waals surface area contributed by atoms with E-state index in [0.29, 0.717) is 6.54 Å². The average molecular weight is 407 g/mol. The molecule has 2 saturated heterocycles. The number of hydrogen-bond acceptors (Lipinski definition) is 5. The van der Waals surface area contributed by atoms with Gasteiger partial charge in [0.1, 0.15) is 0 Å². The van der Waals surface area contributed by atoms with Crippen LogP contribution >= 0.6 is 11.3 Å². The van der Waals surface area contributed by atoms with Crippen LogP contribution in [0, 0.1) is 5.92 Å². The summed E-state index contributed by atoms with van der Waals surface area (Å²) < 4.78 is 0. The Labute approximate surface area is 170 Å². The van der Waals surface area contributed by atoms with Crippen molar-refractivity contribution in [3.05, 3.63) is 22.4 Å². The minimum absolute atomic E-state index is 0.0814. The van der Waals surface area contributed by atoms with Crippen LogP contribution in [0.2, 0.25) is 0 Å². The molecular formula is C20H30N4O3S. The number of likely N-dealkylation sites (tertiary alicyclic amines) is 2. The van der Waals surface area contributed by atoms with Crippen LogP contribution in [-0.4, -0.2) is 66.9 Å². The number of carbonyl (C=O) groups excluding carboxylic acids is 3. The molecule has 2 aliphatic rings. The van der Waals surface area contributed by atoms with Gasteiger partial charge in [0, 0.05) is 30.4 Å². The van der Waals surface area contributed by atoms with Crippen molar-refractivity contribution < 1.29 is 14.4 Å². The Bertz CT molecular complexity index is 650. The number of imide groups is 1. The smallest absolute Gasteiger partial charge is 0.321 e. The van der Waals surface area contributed by atoms with Crippen LogP contribution in [0.25, 0.3) is 0 Å². The van der Waals surface area contributed by atoms with E-state index in [1.54, 1.807) is 11.3 Å². The first-order chi connectivity index (χ1) is 13.6. The van der Waals surface area contributed by atoms with Crippen LogP contribution in [0.3, 0.4) is 0 Å². The van der Waals surface area contributed by atoms with Gasteiger partial charge < -0.3 is 10.2 Å². The van der Waals surface area contributed by atoms with E-state index in [-0.39, 0.29) is 24.3 Å². The fourth-order valence-corrected chi connectivity index (χ4v) is 4.59. The lowest BCUT2D eigenvalue weighted by atomic mass is 9.94. The van der Waals surface area contributed by atoms with Crippen LogP contribution in [0.15, 0.2) is 17.5 Å². The Morgan fingerprint density at radius 3 is 2.50 bits per heavy atom. The molecule has 0 aliphatic carbocycles. The molecule has 1 aromatic heterocycles. The molecule has 4 amide bonds. The molecule has 0 radical (unpaired) electrons. The molecule has 3 rings (SSSR count). The molecule has 8 heteroatoms. The maximum absolute atomic E-state index is 12.6. The van der Waals surface area contributed by atoms with Gasteiger partial charge in [-0.05, 0) is 63.1 Å². The number of hydrogen-bond donors (Lipinski definition) is 2.